The first-order valence-electron chi connectivity index (χ1n) is 9.41. The predicted molar refractivity (Wildman–Crippen MR) is 115 cm³/mol. The van der Waals surface area contributed by atoms with Crippen LogP contribution in [0.15, 0.2) is 60.9 Å². The van der Waals surface area contributed by atoms with Gasteiger partial charge in [-0.15, -0.1) is 0 Å². The van der Waals surface area contributed by atoms with Crippen molar-refractivity contribution < 1.29 is 4.79 Å². The van der Waals surface area contributed by atoms with E-state index < -0.39 is 0 Å². The maximum Gasteiger partial charge on any atom is 0.159 e. The van der Waals surface area contributed by atoms with Crippen molar-refractivity contribution in [3.05, 3.63) is 66.5 Å². The molecule has 0 fully saturated rings. The number of ketones is 1. The molecular weight excluding hydrogens is 350 g/mol. The summed E-state index contributed by atoms with van der Waals surface area (Å²) in [5.41, 5.74) is 3.62. The number of Topliss-reactive ketones (excluding diaryl/α,β-unsaturated/α-hetero) is 1. The standard InChI is InChI=1S/C22H25N5O/c1-4-27(5-2)20-11-9-18(10-12-20)25-21-14-22(24-15-23-21)26-19-8-6-7-17(13-19)16(3)28/h6-15H,4-5H2,1-3H3,(H2,23,24,25,26). The van der Waals surface area contributed by atoms with E-state index >= 15 is 0 Å². The highest BCUT2D eigenvalue weighted by atomic mass is 16.1. The minimum atomic E-state index is 0.0295. The summed E-state index contributed by atoms with van der Waals surface area (Å²) in [7, 11) is 0. The molecule has 0 aliphatic heterocycles. The van der Waals surface area contributed by atoms with Gasteiger partial charge in [0.05, 0.1) is 0 Å². The molecule has 0 unspecified atom stereocenters. The molecule has 6 heteroatoms. The highest BCUT2D eigenvalue weighted by Gasteiger charge is 2.05. The van der Waals surface area contributed by atoms with Gasteiger partial charge in [0.2, 0.25) is 0 Å². The lowest BCUT2D eigenvalue weighted by Gasteiger charge is -2.21. The second kappa shape index (κ2) is 8.99. The van der Waals surface area contributed by atoms with Crippen molar-refractivity contribution in [3.63, 3.8) is 0 Å². The summed E-state index contributed by atoms with van der Waals surface area (Å²) in [6, 6.07) is 17.5. The summed E-state index contributed by atoms with van der Waals surface area (Å²) < 4.78 is 0. The Morgan fingerprint density at radius 2 is 1.54 bits per heavy atom. The van der Waals surface area contributed by atoms with Crippen molar-refractivity contribution in [1.29, 1.82) is 0 Å². The normalized spacial score (nSPS) is 10.4. The van der Waals surface area contributed by atoms with Crippen LogP contribution in [0, 0.1) is 0 Å². The van der Waals surface area contributed by atoms with Crippen LogP contribution in [-0.4, -0.2) is 28.8 Å². The average molecular weight is 375 g/mol. The molecule has 0 bridgehead atoms. The third kappa shape index (κ3) is 4.85. The van der Waals surface area contributed by atoms with E-state index in [4.69, 9.17) is 0 Å². The molecule has 3 aromatic rings. The Morgan fingerprint density at radius 1 is 0.893 bits per heavy atom. The van der Waals surface area contributed by atoms with E-state index in [2.05, 4.69) is 51.5 Å². The fourth-order valence-corrected chi connectivity index (χ4v) is 2.95. The maximum atomic E-state index is 11.5. The van der Waals surface area contributed by atoms with E-state index in [9.17, 15) is 4.79 Å². The number of hydrogen-bond donors (Lipinski definition) is 2. The second-order valence-corrected chi connectivity index (χ2v) is 6.39. The second-order valence-electron chi connectivity index (χ2n) is 6.39. The molecule has 0 aliphatic rings. The molecule has 0 saturated carbocycles. The Hall–Kier alpha value is -3.41. The van der Waals surface area contributed by atoms with Gasteiger partial charge >= 0.3 is 0 Å². The van der Waals surface area contributed by atoms with Crippen LogP contribution in [0.3, 0.4) is 0 Å². The van der Waals surface area contributed by atoms with Crippen molar-refractivity contribution >= 4 is 34.5 Å². The predicted octanol–water partition coefficient (Wildman–Crippen LogP) is 5.01. The van der Waals surface area contributed by atoms with Crippen LogP contribution < -0.4 is 15.5 Å². The number of aromatic nitrogens is 2. The van der Waals surface area contributed by atoms with Crippen molar-refractivity contribution in [1.82, 2.24) is 9.97 Å². The maximum absolute atomic E-state index is 11.5. The summed E-state index contributed by atoms with van der Waals surface area (Å²) in [6.45, 7) is 7.82. The van der Waals surface area contributed by atoms with E-state index in [1.54, 1.807) is 13.0 Å². The number of anilines is 5. The number of carbonyl (C=O) groups is 1. The quantitative estimate of drug-likeness (QED) is 0.539. The monoisotopic (exact) mass is 375 g/mol. The lowest BCUT2D eigenvalue weighted by Crippen LogP contribution is -2.21. The lowest BCUT2D eigenvalue weighted by atomic mass is 10.1. The first-order chi connectivity index (χ1) is 13.6. The van der Waals surface area contributed by atoms with Gasteiger partial charge in [-0.05, 0) is 57.2 Å². The minimum absolute atomic E-state index is 0.0295. The zero-order chi connectivity index (χ0) is 19.9. The molecule has 1 heterocycles. The van der Waals surface area contributed by atoms with E-state index in [1.807, 2.05) is 36.4 Å². The third-order valence-electron chi connectivity index (χ3n) is 4.48. The van der Waals surface area contributed by atoms with Crippen LogP contribution in [-0.2, 0) is 0 Å². The summed E-state index contributed by atoms with van der Waals surface area (Å²) in [5.74, 6) is 1.37. The van der Waals surface area contributed by atoms with Crippen molar-refractivity contribution in [2.75, 3.05) is 28.6 Å². The number of nitrogens with one attached hydrogen (secondary N) is 2. The molecule has 0 atom stereocenters. The van der Waals surface area contributed by atoms with E-state index in [1.165, 1.54) is 12.0 Å². The Labute approximate surface area is 165 Å². The molecule has 28 heavy (non-hydrogen) atoms. The van der Waals surface area contributed by atoms with Gasteiger partial charge in [-0.1, -0.05) is 12.1 Å². The molecule has 0 amide bonds. The molecule has 2 aromatic carbocycles. The van der Waals surface area contributed by atoms with Gasteiger partial charge in [0, 0.05) is 41.8 Å². The molecule has 0 aliphatic carbocycles. The van der Waals surface area contributed by atoms with E-state index in [0.29, 0.717) is 17.2 Å². The Morgan fingerprint density at radius 3 is 2.14 bits per heavy atom. The topological polar surface area (TPSA) is 70.2 Å². The van der Waals surface area contributed by atoms with Crippen molar-refractivity contribution in [2.45, 2.75) is 20.8 Å². The van der Waals surface area contributed by atoms with Gasteiger partial charge in [-0.2, -0.15) is 0 Å². The summed E-state index contributed by atoms with van der Waals surface area (Å²) in [5, 5.41) is 6.51. The minimum Gasteiger partial charge on any atom is -0.372 e. The summed E-state index contributed by atoms with van der Waals surface area (Å²) in [6.07, 6.45) is 1.50. The summed E-state index contributed by atoms with van der Waals surface area (Å²) >= 11 is 0. The molecule has 1 aromatic heterocycles. The van der Waals surface area contributed by atoms with Crippen LogP contribution in [0.1, 0.15) is 31.1 Å². The highest BCUT2D eigenvalue weighted by Crippen LogP contribution is 2.22. The van der Waals surface area contributed by atoms with E-state index in [-0.39, 0.29) is 5.78 Å². The van der Waals surface area contributed by atoms with Crippen LogP contribution in [0.25, 0.3) is 0 Å². The SMILES string of the molecule is CCN(CC)c1ccc(Nc2cc(Nc3cccc(C(C)=O)c3)ncn2)cc1. The number of carbonyl (C=O) groups excluding carboxylic acids is 1. The molecule has 0 saturated heterocycles. The molecule has 0 radical (unpaired) electrons. The number of nitrogens with zero attached hydrogens (tertiary/aromatic N) is 3. The Balaban J connectivity index is 1.71. The van der Waals surface area contributed by atoms with Crippen LogP contribution >= 0.6 is 0 Å². The van der Waals surface area contributed by atoms with Gasteiger partial charge in [0.25, 0.3) is 0 Å². The highest BCUT2D eigenvalue weighted by molar-refractivity contribution is 5.95. The summed E-state index contributed by atoms with van der Waals surface area (Å²) in [4.78, 5) is 22.4. The van der Waals surface area contributed by atoms with Gasteiger partial charge in [0.1, 0.15) is 18.0 Å². The lowest BCUT2D eigenvalue weighted by molar-refractivity contribution is 0.101. The Kier molecular flexibility index (Phi) is 6.22. The molecule has 3 rings (SSSR count). The van der Waals surface area contributed by atoms with Gasteiger partial charge in [-0.3, -0.25) is 4.79 Å². The molecule has 2 N–H and O–H groups in total. The van der Waals surface area contributed by atoms with E-state index in [0.717, 1.165) is 24.5 Å². The van der Waals surface area contributed by atoms with Gasteiger partial charge in [-0.25, -0.2) is 9.97 Å². The van der Waals surface area contributed by atoms with Crippen LogP contribution in [0.5, 0.6) is 0 Å². The zero-order valence-electron chi connectivity index (χ0n) is 16.4. The van der Waals surface area contributed by atoms with Crippen molar-refractivity contribution in [3.8, 4) is 0 Å². The fourth-order valence-electron chi connectivity index (χ4n) is 2.95. The zero-order valence-corrected chi connectivity index (χ0v) is 16.4. The van der Waals surface area contributed by atoms with Crippen LogP contribution in [0.2, 0.25) is 0 Å². The third-order valence-corrected chi connectivity index (χ3v) is 4.48. The van der Waals surface area contributed by atoms with Gasteiger partial charge < -0.3 is 15.5 Å². The number of benzene rings is 2. The Bertz CT molecular complexity index is 936. The van der Waals surface area contributed by atoms with Crippen molar-refractivity contribution in [2.24, 2.45) is 0 Å². The average Bonchev–Trinajstić information content (AvgIpc) is 2.71. The van der Waals surface area contributed by atoms with Crippen LogP contribution in [0.4, 0.5) is 28.7 Å². The smallest absolute Gasteiger partial charge is 0.159 e. The fraction of sp³-hybridized carbons (Fsp3) is 0.227. The molecule has 144 valence electrons. The molecule has 0 spiro atoms. The largest absolute Gasteiger partial charge is 0.372 e. The van der Waals surface area contributed by atoms with Gasteiger partial charge in [0.15, 0.2) is 5.78 Å². The molecular formula is C22H25N5O. The number of rotatable bonds is 8. The first kappa shape index (κ1) is 19.4. The number of hydrogen-bond acceptors (Lipinski definition) is 6. The first-order valence-corrected chi connectivity index (χ1v) is 9.41. The molecule has 6 nitrogen and oxygen atoms in total.